The van der Waals surface area contributed by atoms with Gasteiger partial charge in [0, 0.05) is 11.1 Å². The lowest BCUT2D eigenvalue weighted by molar-refractivity contribution is 0.630. The highest BCUT2D eigenvalue weighted by atomic mass is 32.1. The average Bonchev–Trinajstić information content (AvgIpc) is 2.74. The molecule has 4 heteroatoms. The molecule has 0 aromatic carbocycles. The van der Waals surface area contributed by atoms with Gasteiger partial charge in [0.15, 0.2) is 0 Å². The molecule has 2 aromatic heterocycles. The number of nitrogens with one attached hydrogen (secondary N) is 1. The molecule has 0 bridgehead atoms. The second kappa shape index (κ2) is 4.32. The Morgan fingerprint density at radius 2 is 2.21 bits per heavy atom. The van der Waals surface area contributed by atoms with Crippen LogP contribution in [-0.2, 0) is 0 Å². The van der Waals surface area contributed by atoms with Crippen LogP contribution < -0.4 is 11.3 Å². The Labute approximate surface area is 86.6 Å². The third-order valence-corrected chi connectivity index (χ3v) is 2.92. The van der Waals surface area contributed by atoms with E-state index in [1.54, 1.807) is 17.5 Å². The maximum atomic E-state index is 5.51. The van der Waals surface area contributed by atoms with E-state index in [1.165, 1.54) is 4.88 Å². The van der Waals surface area contributed by atoms with Gasteiger partial charge in [0.1, 0.15) is 0 Å². The number of pyridine rings is 1. The lowest BCUT2D eigenvalue weighted by atomic mass is 10.1. The van der Waals surface area contributed by atoms with Crippen LogP contribution in [0.3, 0.4) is 0 Å². The van der Waals surface area contributed by atoms with Crippen LogP contribution >= 0.6 is 11.3 Å². The molecule has 0 fully saturated rings. The summed E-state index contributed by atoms with van der Waals surface area (Å²) < 4.78 is 0. The van der Waals surface area contributed by atoms with Crippen molar-refractivity contribution >= 4 is 11.3 Å². The highest BCUT2D eigenvalue weighted by molar-refractivity contribution is 7.10. The Balaban J connectivity index is 2.31. The molecule has 0 aliphatic rings. The maximum absolute atomic E-state index is 5.51. The minimum Gasteiger partial charge on any atom is -0.270 e. The minimum atomic E-state index is -0.00352. The molecular formula is C10H11N3S. The molecule has 3 N–H and O–H groups in total. The molecule has 0 aliphatic carbocycles. The zero-order valence-corrected chi connectivity index (χ0v) is 8.37. The molecule has 3 nitrogen and oxygen atoms in total. The van der Waals surface area contributed by atoms with Gasteiger partial charge in [-0.15, -0.1) is 11.3 Å². The highest BCUT2D eigenvalue weighted by Gasteiger charge is 2.13. The monoisotopic (exact) mass is 205 g/mol. The summed E-state index contributed by atoms with van der Waals surface area (Å²) in [5.41, 5.74) is 3.71. The van der Waals surface area contributed by atoms with Crippen molar-refractivity contribution in [3.63, 3.8) is 0 Å². The van der Waals surface area contributed by atoms with Gasteiger partial charge in [0.2, 0.25) is 0 Å². The number of hydrogen-bond acceptors (Lipinski definition) is 4. The van der Waals surface area contributed by atoms with Crippen LogP contribution in [0.4, 0.5) is 0 Å². The highest BCUT2D eigenvalue weighted by Crippen LogP contribution is 2.23. The van der Waals surface area contributed by atoms with Gasteiger partial charge in [-0.3, -0.25) is 10.8 Å². The van der Waals surface area contributed by atoms with Gasteiger partial charge in [-0.1, -0.05) is 12.1 Å². The molecule has 0 amide bonds. The molecule has 0 spiro atoms. The van der Waals surface area contributed by atoms with Gasteiger partial charge < -0.3 is 0 Å². The molecule has 14 heavy (non-hydrogen) atoms. The van der Waals surface area contributed by atoms with Crippen molar-refractivity contribution in [2.75, 3.05) is 0 Å². The molecule has 2 rings (SSSR count). The first-order valence-corrected chi connectivity index (χ1v) is 5.20. The first-order valence-electron chi connectivity index (χ1n) is 4.32. The number of hydrogen-bond donors (Lipinski definition) is 2. The smallest absolute Gasteiger partial charge is 0.0973 e. The Morgan fingerprint density at radius 1 is 1.29 bits per heavy atom. The summed E-state index contributed by atoms with van der Waals surface area (Å²) in [6.45, 7) is 0. The predicted molar refractivity (Wildman–Crippen MR) is 57.7 cm³/mol. The van der Waals surface area contributed by atoms with Crippen molar-refractivity contribution in [3.05, 3.63) is 52.5 Å². The van der Waals surface area contributed by atoms with Gasteiger partial charge in [0.25, 0.3) is 0 Å². The van der Waals surface area contributed by atoms with Crippen LogP contribution in [0.5, 0.6) is 0 Å². The predicted octanol–water partition coefficient (Wildman–Crippen LogP) is 1.70. The average molecular weight is 205 g/mol. The fourth-order valence-corrected chi connectivity index (χ4v) is 2.11. The normalized spacial score (nSPS) is 12.6. The number of nitrogens with two attached hydrogens (primary N) is 1. The van der Waals surface area contributed by atoms with Crippen LogP contribution in [-0.4, -0.2) is 4.98 Å². The summed E-state index contributed by atoms with van der Waals surface area (Å²) in [4.78, 5) is 5.44. The number of hydrazine groups is 1. The summed E-state index contributed by atoms with van der Waals surface area (Å²) in [7, 11) is 0. The van der Waals surface area contributed by atoms with Gasteiger partial charge in [-0.05, 0) is 23.6 Å². The van der Waals surface area contributed by atoms with Crippen LogP contribution in [0, 0.1) is 0 Å². The number of thiophene rings is 1. The lowest BCUT2D eigenvalue weighted by Gasteiger charge is -2.12. The summed E-state index contributed by atoms with van der Waals surface area (Å²) >= 11 is 1.67. The van der Waals surface area contributed by atoms with Crippen molar-refractivity contribution in [1.82, 2.24) is 10.4 Å². The Morgan fingerprint density at radius 3 is 2.79 bits per heavy atom. The molecular weight excluding hydrogens is 194 g/mol. The Kier molecular flexibility index (Phi) is 2.88. The third-order valence-electron chi connectivity index (χ3n) is 1.98. The first kappa shape index (κ1) is 9.33. The maximum Gasteiger partial charge on any atom is 0.0973 e. The molecule has 2 aromatic rings. The fourth-order valence-electron chi connectivity index (χ4n) is 1.32. The van der Waals surface area contributed by atoms with E-state index in [9.17, 15) is 0 Å². The summed E-state index contributed by atoms with van der Waals surface area (Å²) in [6, 6.07) is 9.86. The van der Waals surface area contributed by atoms with E-state index >= 15 is 0 Å². The zero-order valence-electron chi connectivity index (χ0n) is 7.55. The van der Waals surface area contributed by atoms with E-state index in [-0.39, 0.29) is 6.04 Å². The quantitative estimate of drug-likeness (QED) is 0.592. The standard InChI is InChI=1S/C10H11N3S/c11-13-10(9-5-3-7-14-9)8-4-1-2-6-12-8/h1-7,10,13H,11H2. The van der Waals surface area contributed by atoms with Crippen molar-refractivity contribution < 1.29 is 0 Å². The van der Waals surface area contributed by atoms with Crippen molar-refractivity contribution in [2.45, 2.75) is 6.04 Å². The lowest BCUT2D eigenvalue weighted by Crippen LogP contribution is -2.28. The Hall–Kier alpha value is -1.23. The minimum absolute atomic E-state index is 0.00352. The molecule has 0 aliphatic heterocycles. The zero-order chi connectivity index (χ0) is 9.80. The molecule has 2 heterocycles. The fraction of sp³-hybridized carbons (Fsp3) is 0.100. The van der Waals surface area contributed by atoms with E-state index in [1.807, 2.05) is 35.7 Å². The number of aromatic nitrogens is 1. The van der Waals surface area contributed by atoms with Gasteiger partial charge >= 0.3 is 0 Å². The van der Waals surface area contributed by atoms with Crippen LogP contribution in [0.25, 0.3) is 0 Å². The molecule has 1 atom stereocenters. The van der Waals surface area contributed by atoms with E-state index in [2.05, 4.69) is 10.4 Å². The van der Waals surface area contributed by atoms with Crippen molar-refractivity contribution in [1.29, 1.82) is 0 Å². The Bertz CT molecular complexity index is 372. The summed E-state index contributed by atoms with van der Waals surface area (Å²) in [6.07, 6.45) is 1.77. The van der Waals surface area contributed by atoms with Crippen LogP contribution in [0.1, 0.15) is 16.6 Å². The second-order valence-corrected chi connectivity index (χ2v) is 3.85. The summed E-state index contributed by atoms with van der Waals surface area (Å²) in [5.74, 6) is 5.51. The largest absolute Gasteiger partial charge is 0.270 e. The molecule has 0 saturated carbocycles. The topological polar surface area (TPSA) is 50.9 Å². The number of nitrogens with zero attached hydrogens (tertiary/aromatic N) is 1. The summed E-state index contributed by atoms with van der Waals surface area (Å²) in [5, 5.41) is 2.03. The van der Waals surface area contributed by atoms with Crippen molar-refractivity contribution in [2.24, 2.45) is 5.84 Å². The van der Waals surface area contributed by atoms with E-state index in [4.69, 9.17) is 5.84 Å². The molecule has 0 saturated heterocycles. The number of rotatable bonds is 3. The molecule has 72 valence electrons. The molecule has 0 radical (unpaired) electrons. The van der Waals surface area contributed by atoms with Gasteiger partial charge in [-0.2, -0.15) is 0 Å². The van der Waals surface area contributed by atoms with E-state index in [0.717, 1.165) is 5.69 Å². The van der Waals surface area contributed by atoms with E-state index in [0.29, 0.717) is 0 Å². The third kappa shape index (κ3) is 1.82. The molecule has 1 unspecified atom stereocenters. The van der Waals surface area contributed by atoms with Gasteiger partial charge in [-0.25, -0.2) is 5.43 Å². The second-order valence-electron chi connectivity index (χ2n) is 2.87. The van der Waals surface area contributed by atoms with E-state index < -0.39 is 0 Å². The SMILES string of the molecule is NNC(c1ccccn1)c1cccs1. The first-order chi connectivity index (χ1) is 6.92. The van der Waals surface area contributed by atoms with Gasteiger partial charge in [0.05, 0.1) is 11.7 Å². The van der Waals surface area contributed by atoms with Crippen LogP contribution in [0.15, 0.2) is 41.9 Å². The van der Waals surface area contributed by atoms with Crippen LogP contribution in [0.2, 0.25) is 0 Å². The van der Waals surface area contributed by atoms with Crippen molar-refractivity contribution in [3.8, 4) is 0 Å².